The molecule has 0 aliphatic carbocycles. The maximum absolute atomic E-state index is 13.2. The molecule has 0 bridgehead atoms. The van der Waals surface area contributed by atoms with E-state index in [4.69, 9.17) is 9.47 Å². The van der Waals surface area contributed by atoms with Crippen LogP contribution in [0.15, 0.2) is 18.2 Å². The zero-order chi connectivity index (χ0) is 14.0. The lowest BCUT2D eigenvalue weighted by atomic mass is 10.2. The number of rotatable bonds is 4. The van der Waals surface area contributed by atoms with Gasteiger partial charge in [-0.2, -0.15) is 0 Å². The van der Waals surface area contributed by atoms with E-state index in [9.17, 15) is 9.67 Å². The fraction of sp³-hybridized carbons (Fsp3) is 0.538. The molecule has 1 aromatic carbocycles. The molecule has 0 amide bonds. The van der Waals surface area contributed by atoms with Gasteiger partial charge in [0, 0.05) is 5.16 Å². The summed E-state index contributed by atoms with van der Waals surface area (Å²) in [5, 5.41) is 9.55. The summed E-state index contributed by atoms with van der Waals surface area (Å²) in [5.41, 5.74) is 0. The molecule has 0 aliphatic rings. The second-order valence-electron chi connectivity index (χ2n) is 5.06. The highest BCUT2D eigenvalue weighted by Crippen LogP contribution is 2.59. The van der Waals surface area contributed by atoms with Crippen LogP contribution in [0.3, 0.4) is 0 Å². The van der Waals surface area contributed by atoms with E-state index in [1.165, 1.54) is 14.2 Å². The van der Waals surface area contributed by atoms with Crippen LogP contribution in [0.25, 0.3) is 0 Å². The maximum atomic E-state index is 13.2. The van der Waals surface area contributed by atoms with E-state index < -0.39 is 18.6 Å². The molecule has 0 fully saturated rings. The van der Waals surface area contributed by atoms with Crippen molar-refractivity contribution in [3.63, 3.8) is 0 Å². The molecule has 1 aromatic rings. The first-order valence-corrected chi connectivity index (χ1v) is 7.62. The average Bonchev–Trinajstić information content (AvgIpc) is 2.35. The number of methoxy groups -OCH3 is 2. The van der Waals surface area contributed by atoms with Crippen LogP contribution < -0.4 is 14.8 Å². The van der Waals surface area contributed by atoms with Gasteiger partial charge in [0.15, 0.2) is 7.14 Å². The summed E-state index contributed by atoms with van der Waals surface area (Å²) in [7, 11) is -0.00614. The lowest BCUT2D eigenvalue weighted by molar-refractivity contribution is 0.352. The number of hydrogen-bond acceptors (Lipinski definition) is 4. The van der Waals surface area contributed by atoms with Gasteiger partial charge in [0.05, 0.1) is 19.5 Å². The number of aliphatic hydroxyl groups is 1. The van der Waals surface area contributed by atoms with Gasteiger partial charge in [0.2, 0.25) is 0 Å². The molecule has 0 aromatic heterocycles. The average molecular weight is 272 g/mol. The highest BCUT2D eigenvalue weighted by molar-refractivity contribution is 7.73. The van der Waals surface area contributed by atoms with Crippen LogP contribution in [0.2, 0.25) is 0 Å². The Bertz CT molecular complexity index is 440. The molecule has 0 radical (unpaired) electrons. The first-order valence-electron chi connectivity index (χ1n) is 5.73. The summed E-state index contributed by atoms with van der Waals surface area (Å²) in [4.78, 5) is 0. The third-order valence-electron chi connectivity index (χ3n) is 3.05. The van der Waals surface area contributed by atoms with E-state index in [0.29, 0.717) is 16.8 Å². The van der Waals surface area contributed by atoms with Crippen molar-refractivity contribution in [3.05, 3.63) is 18.2 Å². The number of benzene rings is 1. The second kappa shape index (κ2) is 5.33. The Morgan fingerprint density at radius 3 is 1.89 bits per heavy atom. The smallest absolute Gasteiger partial charge is 0.152 e. The molecule has 1 atom stereocenters. The van der Waals surface area contributed by atoms with E-state index >= 15 is 0 Å². The molecule has 0 saturated carbocycles. The minimum absolute atomic E-state index is 0.409. The summed E-state index contributed by atoms with van der Waals surface area (Å²) in [6.45, 7) is 5.53. The maximum Gasteiger partial charge on any atom is 0.152 e. The Kier molecular flexibility index (Phi) is 4.46. The van der Waals surface area contributed by atoms with Gasteiger partial charge in [-0.25, -0.2) is 0 Å². The van der Waals surface area contributed by atoms with Crippen molar-refractivity contribution in [2.45, 2.75) is 25.9 Å². The van der Waals surface area contributed by atoms with Gasteiger partial charge >= 0.3 is 0 Å². The standard InChI is InChI=1S/C13H21O4P/c1-13(2,3)18(15,9-14)12-10(16-4)7-6-8-11(12)17-5/h6-8,14H,9H2,1-5H3. The van der Waals surface area contributed by atoms with Crippen LogP contribution in [-0.2, 0) is 4.57 Å². The van der Waals surface area contributed by atoms with Gasteiger partial charge in [-0.05, 0) is 12.1 Å². The highest BCUT2D eigenvalue weighted by Gasteiger charge is 2.41. The lowest BCUT2D eigenvalue weighted by Crippen LogP contribution is -2.27. The molecule has 1 N–H and O–H groups in total. The van der Waals surface area contributed by atoms with Crippen molar-refractivity contribution >= 4 is 12.4 Å². The molecule has 0 saturated heterocycles. The molecule has 1 unspecified atom stereocenters. The minimum atomic E-state index is -3.04. The SMILES string of the molecule is COc1cccc(OC)c1P(=O)(CO)C(C)(C)C. The Labute approximate surface area is 108 Å². The van der Waals surface area contributed by atoms with E-state index in [1.54, 1.807) is 18.2 Å². The van der Waals surface area contributed by atoms with Crippen LogP contribution in [-0.4, -0.2) is 30.8 Å². The van der Waals surface area contributed by atoms with Gasteiger partial charge < -0.3 is 19.1 Å². The van der Waals surface area contributed by atoms with E-state index in [2.05, 4.69) is 0 Å². The molecule has 4 nitrogen and oxygen atoms in total. The van der Waals surface area contributed by atoms with Crippen LogP contribution >= 0.6 is 7.14 Å². The van der Waals surface area contributed by atoms with Crippen LogP contribution in [0.5, 0.6) is 11.5 Å². The molecule has 102 valence electrons. The summed E-state index contributed by atoms with van der Waals surface area (Å²) >= 11 is 0. The molecule has 1 rings (SSSR count). The van der Waals surface area contributed by atoms with E-state index in [0.717, 1.165) is 0 Å². The lowest BCUT2D eigenvalue weighted by Gasteiger charge is -2.31. The third kappa shape index (κ3) is 2.40. The molecule has 18 heavy (non-hydrogen) atoms. The molecule has 0 spiro atoms. The first kappa shape index (κ1) is 15.1. The summed E-state index contributed by atoms with van der Waals surface area (Å²) in [6.07, 6.45) is -0.409. The van der Waals surface area contributed by atoms with Gasteiger partial charge in [0.1, 0.15) is 17.8 Å². The molecule has 5 heteroatoms. The van der Waals surface area contributed by atoms with Crippen molar-refractivity contribution in [3.8, 4) is 11.5 Å². The Hall–Kier alpha value is -0.990. The fourth-order valence-electron chi connectivity index (χ4n) is 1.81. The zero-order valence-corrected chi connectivity index (χ0v) is 12.5. The Morgan fingerprint density at radius 2 is 1.61 bits per heavy atom. The number of aliphatic hydroxyl groups excluding tert-OH is 1. The van der Waals surface area contributed by atoms with Gasteiger partial charge in [-0.15, -0.1) is 0 Å². The number of ether oxygens (including phenoxy) is 2. The zero-order valence-electron chi connectivity index (χ0n) is 11.6. The van der Waals surface area contributed by atoms with Crippen LogP contribution in [0.1, 0.15) is 20.8 Å². The highest BCUT2D eigenvalue weighted by atomic mass is 31.2. The predicted molar refractivity (Wildman–Crippen MR) is 73.6 cm³/mol. The van der Waals surface area contributed by atoms with Gasteiger partial charge in [-0.3, -0.25) is 0 Å². The van der Waals surface area contributed by atoms with Crippen molar-refractivity contribution in [2.24, 2.45) is 0 Å². The predicted octanol–water partition coefficient (Wildman–Crippen LogP) is 2.44. The molecular formula is C13H21O4P. The summed E-state index contributed by atoms with van der Waals surface area (Å²) < 4.78 is 23.7. The molecular weight excluding hydrogens is 251 g/mol. The summed E-state index contributed by atoms with van der Waals surface area (Å²) in [6, 6.07) is 5.23. The monoisotopic (exact) mass is 272 g/mol. The van der Waals surface area contributed by atoms with Gasteiger partial charge in [-0.1, -0.05) is 26.8 Å². The van der Waals surface area contributed by atoms with Crippen molar-refractivity contribution in [1.29, 1.82) is 0 Å². The van der Waals surface area contributed by atoms with Crippen molar-refractivity contribution < 1.29 is 19.1 Å². The second-order valence-corrected chi connectivity index (χ2v) is 8.61. The number of hydrogen-bond donors (Lipinski definition) is 1. The Morgan fingerprint density at radius 1 is 1.17 bits per heavy atom. The van der Waals surface area contributed by atoms with Crippen LogP contribution in [0, 0.1) is 0 Å². The summed E-state index contributed by atoms with van der Waals surface area (Å²) in [5.74, 6) is 0.975. The first-order chi connectivity index (χ1) is 8.31. The third-order valence-corrected chi connectivity index (χ3v) is 6.77. The molecule has 0 aliphatic heterocycles. The van der Waals surface area contributed by atoms with Crippen LogP contribution in [0.4, 0.5) is 0 Å². The fourth-order valence-corrected chi connectivity index (χ4v) is 4.09. The van der Waals surface area contributed by atoms with E-state index in [-0.39, 0.29) is 0 Å². The van der Waals surface area contributed by atoms with Crippen molar-refractivity contribution in [1.82, 2.24) is 0 Å². The largest absolute Gasteiger partial charge is 0.496 e. The quantitative estimate of drug-likeness (QED) is 0.855. The topological polar surface area (TPSA) is 55.8 Å². The van der Waals surface area contributed by atoms with E-state index in [1.807, 2.05) is 20.8 Å². The normalized spacial score (nSPS) is 15.0. The minimum Gasteiger partial charge on any atom is -0.496 e. The molecule has 0 heterocycles. The Balaban J connectivity index is 3.61. The van der Waals surface area contributed by atoms with Crippen molar-refractivity contribution in [2.75, 3.05) is 20.6 Å². The van der Waals surface area contributed by atoms with Gasteiger partial charge in [0.25, 0.3) is 0 Å².